The number of halogens is 1. The molecule has 1 saturated carbocycles. The summed E-state index contributed by atoms with van der Waals surface area (Å²) in [6, 6.07) is 0. The molecule has 1 atom stereocenters. The normalized spacial score (nSPS) is 20.2. The molecule has 1 amide bonds. The quantitative estimate of drug-likeness (QED) is 0.627. The summed E-state index contributed by atoms with van der Waals surface area (Å²) < 4.78 is 12.8. The molecule has 1 N–H and O–H groups in total. The number of alkyl halides is 1. The largest absolute Gasteiger partial charge is 0.354 e. The standard InChI is InChI=1S/C7H12FNO/c1-2-9-7(10)6(8)5-3-4-5/h5-6H,2-4H2,1H3,(H,9,10). The Bertz CT molecular complexity index is 134. The first kappa shape index (κ1) is 7.51. The smallest absolute Gasteiger partial charge is 0.254 e. The van der Waals surface area contributed by atoms with Crippen molar-refractivity contribution >= 4 is 5.91 Å². The van der Waals surface area contributed by atoms with Crippen LogP contribution in [0.5, 0.6) is 0 Å². The van der Waals surface area contributed by atoms with E-state index in [2.05, 4.69) is 5.32 Å². The van der Waals surface area contributed by atoms with E-state index < -0.39 is 12.1 Å². The van der Waals surface area contributed by atoms with Gasteiger partial charge >= 0.3 is 0 Å². The van der Waals surface area contributed by atoms with E-state index >= 15 is 0 Å². The molecule has 0 saturated heterocycles. The minimum absolute atomic E-state index is 0.0200. The van der Waals surface area contributed by atoms with E-state index in [-0.39, 0.29) is 5.92 Å². The second-order valence-corrected chi connectivity index (χ2v) is 2.63. The molecule has 0 aromatic heterocycles. The summed E-state index contributed by atoms with van der Waals surface area (Å²) in [5.74, 6) is -0.420. The molecule has 0 spiro atoms. The first-order valence-corrected chi connectivity index (χ1v) is 3.67. The third-order valence-corrected chi connectivity index (χ3v) is 1.64. The first-order valence-electron chi connectivity index (χ1n) is 3.67. The molecule has 0 aliphatic heterocycles. The number of rotatable bonds is 3. The molecule has 1 aliphatic carbocycles. The topological polar surface area (TPSA) is 29.1 Å². The Morgan fingerprint density at radius 1 is 1.80 bits per heavy atom. The van der Waals surface area contributed by atoms with Crippen LogP contribution in [0.1, 0.15) is 19.8 Å². The molecule has 0 bridgehead atoms. The van der Waals surface area contributed by atoms with Crippen LogP contribution in [-0.4, -0.2) is 18.6 Å². The SMILES string of the molecule is CCNC(=O)C(F)C1CC1. The van der Waals surface area contributed by atoms with E-state index in [9.17, 15) is 9.18 Å². The lowest BCUT2D eigenvalue weighted by atomic mass is 10.2. The van der Waals surface area contributed by atoms with Gasteiger partial charge in [0.15, 0.2) is 6.17 Å². The van der Waals surface area contributed by atoms with Crippen molar-refractivity contribution in [1.29, 1.82) is 0 Å². The molecule has 0 aromatic carbocycles. The molecule has 0 heterocycles. The zero-order valence-corrected chi connectivity index (χ0v) is 6.06. The average molecular weight is 145 g/mol. The van der Waals surface area contributed by atoms with Crippen molar-refractivity contribution in [3.05, 3.63) is 0 Å². The Morgan fingerprint density at radius 3 is 2.80 bits per heavy atom. The van der Waals surface area contributed by atoms with Crippen LogP contribution in [0.2, 0.25) is 0 Å². The van der Waals surface area contributed by atoms with Crippen molar-refractivity contribution < 1.29 is 9.18 Å². The van der Waals surface area contributed by atoms with Gasteiger partial charge in [0.2, 0.25) is 0 Å². The van der Waals surface area contributed by atoms with E-state index in [1.165, 1.54) is 0 Å². The highest BCUT2D eigenvalue weighted by atomic mass is 19.1. The number of nitrogens with one attached hydrogen (secondary N) is 1. The molecule has 1 unspecified atom stereocenters. The van der Waals surface area contributed by atoms with Gasteiger partial charge in [-0.2, -0.15) is 0 Å². The molecule has 0 aromatic rings. The van der Waals surface area contributed by atoms with Gasteiger partial charge in [-0.1, -0.05) is 0 Å². The van der Waals surface area contributed by atoms with E-state index in [1.54, 1.807) is 6.92 Å². The van der Waals surface area contributed by atoms with Gasteiger partial charge < -0.3 is 5.32 Å². The van der Waals surface area contributed by atoms with Crippen molar-refractivity contribution in [3.8, 4) is 0 Å². The van der Waals surface area contributed by atoms with E-state index in [0.717, 1.165) is 12.8 Å². The van der Waals surface area contributed by atoms with Crippen LogP contribution in [0.15, 0.2) is 0 Å². The molecule has 0 radical (unpaired) electrons. The Hall–Kier alpha value is -0.600. The number of carbonyl (C=O) groups is 1. The second-order valence-electron chi connectivity index (χ2n) is 2.63. The molecule has 3 heteroatoms. The maximum atomic E-state index is 12.8. The Kier molecular flexibility index (Phi) is 2.25. The van der Waals surface area contributed by atoms with Crippen LogP contribution >= 0.6 is 0 Å². The predicted octanol–water partition coefficient (Wildman–Crippen LogP) is 0.871. The zero-order chi connectivity index (χ0) is 7.56. The lowest BCUT2D eigenvalue weighted by Gasteiger charge is -2.04. The van der Waals surface area contributed by atoms with Crippen LogP contribution < -0.4 is 5.32 Å². The summed E-state index contributed by atoms with van der Waals surface area (Å²) in [6.07, 6.45) is 0.497. The van der Waals surface area contributed by atoms with Crippen LogP contribution in [0.25, 0.3) is 0 Å². The monoisotopic (exact) mass is 145 g/mol. The molecule has 2 nitrogen and oxygen atoms in total. The Labute approximate surface area is 59.8 Å². The fourth-order valence-corrected chi connectivity index (χ4v) is 0.875. The van der Waals surface area contributed by atoms with Crippen molar-refractivity contribution in [1.82, 2.24) is 5.32 Å². The number of hydrogen-bond acceptors (Lipinski definition) is 1. The van der Waals surface area contributed by atoms with Crippen molar-refractivity contribution in [3.63, 3.8) is 0 Å². The lowest BCUT2D eigenvalue weighted by Crippen LogP contribution is -2.32. The minimum atomic E-state index is -1.25. The maximum absolute atomic E-state index is 12.8. The summed E-state index contributed by atoms with van der Waals surface area (Å²) in [5.41, 5.74) is 0. The third kappa shape index (κ3) is 1.69. The van der Waals surface area contributed by atoms with Gasteiger partial charge in [-0.3, -0.25) is 4.79 Å². The lowest BCUT2D eigenvalue weighted by molar-refractivity contribution is -0.126. The van der Waals surface area contributed by atoms with Crippen molar-refractivity contribution in [2.45, 2.75) is 25.9 Å². The fraction of sp³-hybridized carbons (Fsp3) is 0.857. The predicted molar refractivity (Wildman–Crippen MR) is 36.3 cm³/mol. The van der Waals surface area contributed by atoms with E-state index in [1.807, 2.05) is 0 Å². The van der Waals surface area contributed by atoms with Crippen LogP contribution in [-0.2, 0) is 4.79 Å². The average Bonchev–Trinajstić information content (AvgIpc) is 2.68. The van der Waals surface area contributed by atoms with E-state index in [0.29, 0.717) is 6.54 Å². The second kappa shape index (κ2) is 2.99. The number of hydrogen-bond donors (Lipinski definition) is 1. The molecular formula is C7H12FNO. The van der Waals surface area contributed by atoms with Gasteiger partial charge in [-0.05, 0) is 25.7 Å². The molecule has 1 rings (SSSR count). The first-order chi connectivity index (χ1) is 4.75. The van der Waals surface area contributed by atoms with Gasteiger partial charge in [0.1, 0.15) is 0 Å². The van der Waals surface area contributed by atoms with Gasteiger partial charge in [-0.15, -0.1) is 0 Å². The summed E-state index contributed by atoms with van der Waals surface area (Å²) in [6.45, 7) is 2.31. The highest BCUT2D eigenvalue weighted by Crippen LogP contribution is 2.34. The minimum Gasteiger partial charge on any atom is -0.354 e. The van der Waals surface area contributed by atoms with E-state index in [4.69, 9.17) is 0 Å². The molecule has 58 valence electrons. The summed E-state index contributed by atoms with van der Waals surface area (Å²) in [7, 11) is 0. The Morgan fingerprint density at radius 2 is 2.40 bits per heavy atom. The number of carbonyl (C=O) groups excluding carboxylic acids is 1. The fourth-order valence-electron chi connectivity index (χ4n) is 0.875. The highest BCUT2D eigenvalue weighted by Gasteiger charge is 2.35. The van der Waals surface area contributed by atoms with Crippen LogP contribution in [0.4, 0.5) is 4.39 Å². The van der Waals surface area contributed by atoms with Gasteiger partial charge in [0.25, 0.3) is 5.91 Å². The maximum Gasteiger partial charge on any atom is 0.254 e. The summed E-state index contributed by atoms with van der Waals surface area (Å²) in [5, 5.41) is 2.45. The van der Waals surface area contributed by atoms with Gasteiger partial charge in [-0.25, -0.2) is 4.39 Å². The molecule has 1 aliphatic rings. The third-order valence-electron chi connectivity index (χ3n) is 1.64. The molecule has 10 heavy (non-hydrogen) atoms. The zero-order valence-electron chi connectivity index (χ0n) is 6.06. The summed E-state index contributed by atoms with van der Waals surface area (Å²) >= 11 is 0. The van der Waals surface area contributed by atoms with Crippen LogP contribution in [0, 0.1) is 5.92 Å². The Balaban J connectivity index is 2.24. The molecule has 1 fully saturated rings. The molecular weight excluding hydrogens is 133 g/mol. The number of amides is 1. The van der Waals surface area contributed by atoms with Crippen LogP contribution in [0.3, 0.4) is 0 Å². The van der Waals surface area contributed by atoms with Crippen molar-refractivity contribution in [2.75, 3.05) is 6.54 Å². The summed E-state index contributed by atoms with van der Waals surface area (Å²) in [4.78, 5) is 10.7. The van der Waals surface area contributed by atoms with Crippen molar-refractivity contribution in [2.24, 2.45) is 5.92 Å². The highest BCUT2D eigenvalue weighted by molar-refractivity contribution is 5.81. The van der Waals surface area contributed by atoms with Gasteiger partial charge in [0.05, 0.1) is 0 Å². The van der Waals surface area contributed by atoms with Gasteiger partial charge in [0, 0.05) is 6.54 Å².